The molecule has 0 unspecified atom stereocenters. The van der Waals surface area contributed by atoms with Crippen LogP contribution in [0.15, 0.2) is 24.3 Å². The largest absolute Gasteiger partial charge is 0.494 e. The van der Waals surface area contributed by atoms with E-state index in [-0.39, 0.29) is 19.0 Å². The van der Waals surface area contributed by atoms with Crippen molar-refractivity contribution in [2.24, 2.45) is 0 Å². The number of benzene rings is 1. The predicted molar refractivity (Wildman–Crippen MR) is 116 cm³/mol. The molecular formula is C22H36NO6P. The summed E-state index contributed by atoms with van der Waals surface area (Å²) in [6.07, 6.45) is 10.5. The first-order chi connectivity index (χ1) is 14.4. The molecule has 1 fully saturated rings. The summed E-state index contributed by atoms with van der Waals surface area (Å²) in [6, 6.07) is 7.84. The van der Waals surface area contributed by atoms with E-state index in [9.17, 15) is 9.36 Å². The summed E-state index contributed by atoms with van der Waals surface area (Å²) in [5, 5.41) is 0. The molecule has 2 rings (SSSR count). The molecule has 7 nitrogen and oxygen atoms in total. The molecule has 0 aromatic heterocycles. The summed E-state index contributed by atoms with van der Waals surface area (Å²) < 4.78 is 21.2. The van der Waals surface area contributed by atoms with Gasteiger partial charge < -0.3 is 19.4 Å². The zero-order valence-electron chi connectivity index (χ0n) is 18.0. The van der Waals surface area contributed by atoms with E-state index in [1.807, 2.05) is 24.3 Å². The highest BCUT2D eigenvalue weighted by Crippen LogP contribution is 2.39. The van der Waals surface area contributed by atoms with E-state index >= 15 is 0 Å². The molecule has 8 heteroatoms. The molecule has 0 spiro atoms. The average Bonchev–Trinajstić information content (AvgIpc) is 2.67. The highest BCUT2D eigenvalue weighted by molar-refractivity contribution is 7.46. The van der Waals surface area contributed by atoms with Crippen LogP contribution < -0.4 is 4.74 Å². The number of rotatable bonds is 15. The first-order valence-corrected chi connectivity index (χ1v) is 12.6. The van der Waals surface area contributed by atoms with Crippen molar-refractivity contribution in [3.8, 4) is 5.75 Å². The number of likely N-dealkylation sites (tertiary alicyclic amines) is 1. The molecule has 1 aromatic rings. The number of carbonyl (C=O) groups excluding carboxylic acids is 1. The van der Waals surface area contributed by atoms with Crippen molar-refractivity contribution in [1.82, 2.24) is 4.90 Å². The van der Waals surface area contributed by atoms with Crippen molar-refractivity contribution >= 4 is 13.7 Å². The summed E-state index contributed by atoms with van der Waals surface area (Å²) in [5.41, 5.74) is 1.04. The summed E-state index contributed by atoms with van der Waals surface area (Å²) >= 11 is 0. The Morgan fingerprint density at radius 1 is 1.10 bits per heavy atom. The fourth-order valence-corrected chi connectivity index (χ4v) is 4.05. The van der Waals surface area contributed by atoms with Crippen LogP contribution in [0.25, 0.3) is 0 Å². The van der Waals surface area contributed by atoms with Crippen LogP contribution in [0.4, 0.5) is 0 Å². The van der Waals surface area contributed by atoms with Crippen LogP contribution in [0.3, 0.4) is 0 Å². The maximum atomic E-state index is 12.2. The first kappa shape index (κ1) is 24.9. The van der Waals surface area contributed by atoms with Crippen molar-refractivity contribution in [3.63, 3.8) is 0 Å². The molecule has 2 N–H and O–H groups in total. The maximum absolute atomic E-state index is 12.2. The molecule has 0 radical (unpaired) electrons. The molecule has 1 aliphatic heterocycles. The third-order valence-electron chi connectivity index (χ3n) is 5.28. The van der Waals surface area contributed by atoms with Gasteiger partial charge in [-0.05, 0) is 30.5 Å². The lowest BCUT2D eigenvalue weighted by atomic mass is 10.1. The molecule has 0 saturated carbocycles. The van der Waals surface area contributed by atoms with Crippen LogP contribution in [-0.2, 0) is 20.3 Å². The van der Waals surface area contributed by atoms with E-state index in [4.69, 9.17) is 14.5 Å². The molecule has 1 amide bonds. The van der Waals surface area contributed by atoms with Crippen LogP contribution in [0.5, 0.6) is 5.75 Å². The Morgan fingerprint density at radius 3 is 2.43 bits per heavy atom. The summed E-state index contributed by atoms with van der Waals surface area (Å²) in [4.78, 5) is 31.3. The normalized spacial score (nSPS) is 14.6. The molecular weight excluding hydrogens is 405 g/mol. The molecule has 1 aromatic carbocycles. The lowest BCUT2D eigenvalue weighted by Crippen LogP contribution is -2.54. The van der Waals surface area contributed by atoms with E-state index in [1.165, 1.54) is 44.9 Å². The third kappa shape index (κ3) is 10.1. The smallest absolute Gasteiger partial charge is 0.469 e. The van der Waals surface area contributed by atoms with Crippen molar-refractivity contribution in [2.75, 3.05) is 19.7 Å². The van der Waals surface area contributed by atoms with Gasteiger partial charge in [0.25, 0.3) is 0 Å². The SMILES string of the molecule is CCCCCCCCCCOc1cccc(CCC(=O)N2CC(OP(=O)(O)O)C2)c1. The number of carbonyl (C=O) groups is 1. The van der Waals surface area contributed by atoms with Crippen molar-refractivity contribution in [3.05, 3.63) is 29.8 Å². The van der Waals surface area contributed by atoms with Gasteiger partial charge in [-0.3, -0.25) is 9.32 Å². The number of phosphoric ester groups is 1. The molecule has 0 atom stereocenters. The number of aryl methyl sites for hydroxylation is 1. The Kier molecular flexibility index (Phi) is 10.9. The molecule has 1 heterocycles. The number of nitrogens with zero attached hydrogens (tertiary/aromatic N) is 1. The van der Waals surface area contributed by atoms with Gasteiger partial charge in [0, 0.05) is 19.5 Å². The minimum Gasteiger partial charge on any atom is -0.494 e. The lowest BCUT2D eigenvalue weighted by molar-refractivity contribution is -0.140. The topological polar surface area (TPSA) is 96.3 Å². The van der Waals surface area contributed by atoms with E-state index in [2.05, 4.69) is 11.4 Å². The van der Waals surface area contributed by atoms with Gasteiger partial charge >= 0.3 is 7.82 Å². The van der Waals surface area contributed by atoms with Crippen LogP contribution in [-0.4, -0.2) is 46.4 Å². The summed E-state index contributed by atoms with van der Waals surface area (Å²) in [5.74, 6) is 0.799. The maximum Gasteiger partial charge on any atom is 0.469 e. The monoisotopic (exact) mass is 441 g/mol. The Labute approximate surface area is 180 Å². The molecule has 1 saturated heterocycles. The van der Waals surface area contributed by atoms with Gasteiger partial charge in [0.2, 0.25) is 5.91 Å². The van der Waals surface area contributed by atoms with Crippen LogP contribution in [0.2, 0.25) is 0 Å². The van der Waals surface area contributed by atoms with Gasteiger partial charge in [0.1, 0.15) is 11.9 Å². The van der Waals surface area contributed by atoms with Gasteiger partial charge in [-0.15, -0.1) is 0 Å². The van der Waals surface area contributed by atoms with Crippen LogP contribution >= 0.6 is 7.82 Å². The average molecular weight is 442 g/mol. The van der Waals surface area contributed by atoms with Gasteiger partial charge in [-0.1, -0.05) is 64.0 Å². The van der Waals surface area contributed by atoms with Gasteiger partial charge in [-0.2, -0.15) is 0 Å². The quantitative estimate of drug-likeness (QED) is 0.308. The summed E-state index contributed by atoms with van der Waals surface area (Å²) in [6.45, 7) is 3.41. The van der Waals surface area contributed by atoms with Crippen molar-refractivity contribution in [1.29, 1.82) is 0 Å². The Hall–Kier alpha value is -1.40. The highest BCUT2D eigenvalue weighted by Gasteiger charge is 2.35. The molecule has 1 aliphatic rings. The standard InChI is InChI=1S/C22H36NO6P/c1-2-3-4-5-6-7-8-9-15-28-20-12-10-11-19(16-20)13-14-22(24)23-17-21(18-23)29-30(25,26)27/h10-12,16,21H,2-9,13-15,17-18H2,1H3,(H2,25,26,27). The fraction of sp³-hybridized carbons (Fsp3) is 0.682. The van der Waals surface area contributed by atoms with E-state index in [0.29, 0.717) is 19.4 Å². The van der Waals surface area contributed by atoms with Crippen LogP contribution in [0, 0.1) is 0 Å². The molecule has 30 heavy (non-hydrogen) atoms. The Balaban J connectivity index is 1.58. The van der Waals surface area contributed by atoms with Gasteiger partial charge in [0.05, 0.1) is 6.61 Å². The minimum absolute atomic E-state index is 0.0363. The van der Waals surface area contributed by atoms with Gasteiger partial charge in [0.15, 0.2) is 0 Å². The number of amides is 1. The summed E-state index contributed by atoms with van der Waals surface area (Å²) in [7, 11) is -4.49. The molecule has 0 bridgehead atoms. The second-order valence-electron chi connectivity index (χ2n) is 7.99. The Morgan fingerprint density at radius 2 is 1.77 bits per heavy atom. The second kappa shape index (κ2) is 13.1. The second-order valence-corrected chi connectivity index (χ2v) is 9.18. The minimum atomic E-state index is -4.49. The number of hydrogen-bond donors (Lipinski definition) is 2. The number of unbranched alkanes of at least 4 members (excludes halogenated alkanes) is 7. The van der Waals surface area contributed by atoms with E-state index in [0.717, 1.165) is 17.7 Å². The van der Waals surface area contributed by atoms with E-state index in [1.54, 1.807) is 4.90 Å². The number of ether oxygens (including phenoxy) is 1. The zero-order chi connectivity index (χ0) is 21.8. The Bertz CT molecular complexity index is 686. The van der Waals surface area contributed by atoms with Gasteiger partial charge in [-0.25, -0.2) is 4.57 Å². The lowest BCUT2D eigenvalue weighted by Gasteiger charge is -2.38. The predicted octanol–water partition coefficient (Wildman–Crippen LogP) is 4.46. The fourth-order valence-electron chi connectivity index (χ4n) is 3.53. The van der Waals surface area contributed by atoms with Crippen LogP contribution in [0.1, 0.15) is 70.3 Å². The third-order valence-corrected chi connectivity index (χ3v) is 5.85. The number of hydrogen-bond acceptors (Lipinski definition) is 4. The van der Waals surface area contributed by atoms with E-state index < -0.39 is 13.9 Å². The van der Waals surface area contributed by atoms with Crippen molar-refractivity contribution < 1.29 is 28.4 Å². The first-order valence-electron chi connectivity index (χ1n) is 11.1. The molecule has 170 valence electrons. The van der Waals surface area contributed by atoms with Crippen molar-refractivity contribution in [2.45, 2.75) is 77.2 Å². The number of phosphoric acid groups is 1. The zero-order valence-corrected chi connectivity index (χ0v) is 18.9. The highest BCUT2D eigenvalue weighted by atomic mass is 31.2. The molecule has 0 aliphatic carbocycles.